The average molecular weight is 287 g/mol. The number of rotatable bonds is 5. The molecule has 0 atom stereocenters. The molecule has 0 saturated heterocycles. The Hall–Kier alpha value is -2.89. The Balaban J connectivity index is 2.11. The second-order valence-electron chi connectivity index (χ2n) is 4.10. The molecule has 0 bridgehead atoms. The van der Waals surface area contributed by atoms with Gasteiger partial charge in [-0.3, -0.25) is 10.1 Å². The number of benzene rings is 2. The lowest BCUT2D eigenvalue weighted by atomic mass is 10.2. The summed E-state index contributed by atoms with van der Waals surface area (Å²) in [6, 6.07) is 12.2. The number of esters is 1. The molecule has 0 heterocycles. The number of nitro benzene ring substituents is 1. The quantitative estimate of drug-likeness (QED) is 0.477. The fourth-order valence-electron chi connectivity index (χ4n) is 1.67. The molecule has 0 saturated carbocycles. The Kier molecular flexibility index (Phi) is 4.50. The molecular formula is C15H13NO5. The number of ether oxygens (including phenoxy) is 2. The Morgan fingerprint density at radius 3 is 2.48 bits per heavy atom. The van der Waals surface area contributed by atoms with Crippen LogP contribution in [0, 0.1) is 10.1 Å². The fraction of sp³-hybridized carbons (Fsp3) is 0.133. The first-order valence-electron chi connectivity index (χ1n) is 6.29. The summed E-state index contributed by atoms with van der Waals surface area (Å²) in [5, 5.41) is 10.7. The van der Waals surface area contributed by atoms with Crippen LogP contribution in [0.3, 0.4) is 0 Å². The summed E-state index contributed by atoms with van der Waals surface area (Å²) in [5.41, 5.74) is 0.374. The van der Waals surface area contributed by atoms with Crippen molar-refractivity contribution in [2.75, 3.05) is 6.61 Å². The fourth-order valence-corrected chi connectivity index (χ4v) is 1.67. The van der Waals surface area contributed by atoms with Gasteiger partial charge in [-0.2, -0.15) is 0 Å². The van der Waals surface area contributed by atoms with Crippen molar-refractivity contribution in [1.29, 1.82) is 0 Å². The van der Waals surface area contributed by atoms with Crippen molar-refractivity contribution in [1.82, 2.24) is 0 Å². The molecule has 0 aliphatic rings. The topological polar surface area (TPSA) is 78.7 Å². The largest absolute Gasteiger partial charge is 0.462 e. The predicted molar refractivity (Wildman–Crippen MR) is 75.6 cm³/mol. The number of nitro groups is 1. The molecule has 21 heavy (non-hydrogen) atoms. The van der Waals surface area contributed by atoms with E-state index < -0.39 is 10.9 Å². The molecule has 0 spiro atoms. The highest BCUT2D eigenvalue weighted by Gasteiger charge is 2.08. The summed E-state index contributed by atoms with van der Waals surface area (Å²) in [6.45, 7) is 2.04. The summed E-state index contributed by atoms with van der Waals surface area (Å²) < 4.78 is 10.4. The van der Waals surface area contributed by atoms with Gasteiger partial charge in [0.1, 0.15) is 11.5 Å². The van der Waals surface area contributed by atoms with Crippen molar-refractivity contribution >= 4 is 11.7 Å². The zero-order valence-corrected chi connectivity index (χ0v) is 11.3. The molecule has 2 aromatic carbocycles. The summed E-state index contributed by atoms with van der Waals surface area (Å²) in [5.74, 6) is 0.427. The molecule has 6 nitrogen and oxygen atoms in total. The van der Waals surface area contributed by atoms with Crippen LogP contribution in [-0.2, 0) is 4.74 Å². The van der Waals surface area contributed by atoms with E-state index in [4.69, 9.17) is 9.47 Å². The number of hydrogen-bond donors (Lipinski definition) is 0. The molecule has 2 rings (SSSR count). The van der Waals surface area contributed by atoms with Gasteiger partial charge in [0, 0.05) is 6.07 Å². The molecule has 108 valence electrons. The van der Waals surface area contributed by atoms with Crippen molar-refractivity contribution < 1.29 is 19.2 Å². The van der Waals surface area contributed by atoms with E-state index >= 15 is 0 Å². The van der Waals surface area contributed by atoms with Gasteiger partial charge in [-0.15, -0.1) is 0 Å². The Morgan fingerprint density at radius 2 is 1.86 bits per heavy atom. The van der Waals surface area contributed by atoms with Crippen molar-refractivity contribution in [2.24, 2.45) is 0 Å². The van der Waals surface area contributed by atoms with E-state index in [1.165, 1.54) is 12.1 Å². The standard InChI is InChI=1S/C15H13NO5/c1-2-20-15(17)11-6-8-13(9-7-11)21-14-5-3-4-12(10-14)16(18)19/h3-10H,2H2,1H3. The molecule has 0 aliphatic carbocycles. The van der Waals surface area contributed by atoms with Crippen LogP contribution in [0.15, 0.2) is 48.5 Å². The van der Waals surface area contributed by atoms with Gasteiger partial charge in [0.15, 0.2) is 0 Å². The third-order valence-electron chi connectivity index (χ3n) is 2.63. The summed E-state index contributed by atoms with van der Waals surface area (Å²) >= 11 is 0. The van der Waals surface area contributed by atoms with Crippen molar-refractivity contribution in [3.05, 3.63) is 64.2 Å². The van der Waals surface area contributed by atoms with E-state index in [-0.39, 0.29) is 5.69 Å². The minimum absolute atomic E-state index is 0.0457. The highest BCUT2D eigenvalue weighted by Crippen LogP contribution is 2.25. The van der Waals surface area contributed by atoms with Crippen LogP contribution < -0.4 is 4.74 Å². The Labute approximate surface area is 121 Å². The molecule has 0 aromatic heterocycles. The molecule has 0 radical (unpaired) electrons. The molecule has 0 amide bonds. The van der Waals surface area contributed by atoms with E-state index in [9.17, 15) is 14.9 Å². The lowest BCUT2D eigenvalue weighted by Gasteiger charge is -2.06. The number of carbonyl (C=O) groups excluding carboxylic acids is 1. The second kappa shape index (κ2) is 6.51. The minimum Gasteiger partial charge on any atom is -0.462 e. The normalized spacial score (nSPS) is 9.95. The monoisotopic (exact) mass is 287 g/mol. The first kappa shape index (κ1) is 14.5. The second-order valence-corrected chi connectivity index (χ2v) is 4.10. The van der Waals surface area contributed by atoms with Crippen LogP contribution in [-0.4, -0.2) is 17.5 Å². The van der Waals surface area contributed by atoms with Crippen LogP contribution in [0.1, 0.15) is 17.3 Å². The zero-order valence-electron chi connectivity index (χ0n) is 11.3. The maximum atomic E-state index is 11.5. The lowest BCUT2D eigenvalue weighted by Crippen LogP contribution is -2.03. The highest BCUT2D eigenvalue weighted by atomic mass is 16.6. The van der Waals surface area contributed by atoms with Crippen LogP contribution in [0.4, 0.5) is 5.69 Å². The van der Waals surface area contributed by atoms with Crippen LogP contribution in [0.25, 0.3) is 0 Å². The summed E-state index contributed by atoms with van der Waals surface area (Å²) in [7, 11) is 0. The zero-order chi connectivity index (χ0) is 15.2. The summed E-state index contributed by atoms with van der Waals surface area (Å²) in [6.07, 6.45) is 0. The van der Waals surface area contributed by atoms with Crippen molar-refractivity contribution in [2.45, 2.75) is 6.92 Å². The molecular weight excluding hydrogens is 274 g/mol. The maximum absolute atomic E-state index is 11.5. The SMILES string of the molecule is CCOC(=O)c1ccc(Oc2cccc([N+](=O)[O-])c2)cc1. The van der Waals surface area contributed by atoms with Gasteiger partial charge in [-0.25, -0.2) is 4.79 Å². The van der Waals surface area contributed by atoms with E-state index in [1.807, 2.05) is 0 Å². The maximum Gasteiger partial charge on any atom is 0.338 e. The van der Waals surface area contributed by atoms with Gasteiger partial charge in [0.25, 0.3) is 5.69 Å². The average Bonchev–Trinajstić information content (AvgIpc) is 2.48. The minimum atomic E-state index is -0.489. The van der Waals surface area contributed by atoms with Gasteiger partial charge in [0.2, 0.25) is 0 Å². The first-order valence-corrected chi connectivity index (χ1v) is 6.29. The van der Waals surface area contributed by atoms with Crippen LogP contribution in [0.2, 0.25) is 0 Å². The molecule has 0 unspecified atom stereocenters. The number of hydrogen-bond acceptors (Lipinski definition) is 5. The molecule has 0 fully saturated rings. The van der Waals surface area contributed by atoms with E-state index in [2.05, 4.69) is 0 Å². The van der Waals surface area contributed by atoms with Crippen molar-refractivity contribution in [3.63, 3.8) is 0 Å². The molecule has 6 heteroatoms. The van der Waals surface area contributed by atoms with Crippen molar-refractivity contribution in [3.8, 4) is 11.5 Å². The predicted octanol–water partition coefficient (Wildman–Crippen LogP) is 3.56. The highest BCUT2D eigenvalue weighted by molar-refractivity contribution is 5.89. The Bertz CT molecular complexity index is 651. The lowest BCUT2D eigenvalue weighted by molar-refractivity contribution is -0.384. The smallest absolute Gasteiger partial charge is 0.338 e. The number of carbonyl (C=O) groups is 1. The third-order valence-corrected chi connectivity index (χ3v) is 2.63. The van der Waals surface area contributed by atoms with E-state index in [0.717, 1.165) is 0 Å². The van der Waals surface area contributed by atoms with E-state index in [0.29, 0.717) is 23.7 Å². The van der Waals surface area contributed by atoms with E-state index in [1.54, 1.807) is 43.3 Å². The van der Waals surface area contributed by atoms with Gasteiger partial charge < -0.3 is 9.47 Å². The number of non-ortho nitro benzene ring substituents is 1. The van der Waals surface area contributed by atoms with Gasteiger partial charge in [-0.05, 0) is 37.3 Å². The van der Waals surface area contributed by atoms with Gasteiger partial charge in [-0.1, -0.05) is 6.07 Å². The van der Waals surface area contributed by atoms with Crippen LogP contribution in [0.5, 0.6) is 11.5 Å². The van der Waals surface area contributed by atoms with Gasteiger partial charge in [0.05, 0.1) is 23.2 Å². The number of nitrogens with zero attached hydrogens (tertiary/aromatic N) is 1. The molecule has 0 N–H and O–H groups in total. The van der Waals surface area contributed by atoms with Gasteiger partial charge >= 0.3 is 5.97 Å². The third kappa shape index (κ3) is 3.79. The summed E-state index contributed by atoms with van der Waals surface area (Å²) in [4.78, 5) is 21.7. The molecule has 2 aromatic rings. The molecule has 0 aliphatic heterocycles. The van der Waals surface area contributed by atoms with Crippen LogP contribution >= 0.6 is 0 Å². The Morgan fingerprint density at radius 1 is 1.14 bits per heavy atom. The first-order chi connectivity index (χ1) is 10.1.